The molecule has 1 N–H and O–H groups in total. The van der Waals surface area contributed by atoms with Gasteiger partial charge in [0.05, 0.1) is 25.6 Å². The number of alkyl halides is 1. The Morgan fingerprint density at radius 3 is 2.66 bits per heavy atom. The number of aromatic nitrogens is 4. The van der Waals surface area contributed by atoms with Crippen LogP contribution in [-0.2, 0) is 4.74 Å². The van der Waals surface area contributed by atoms with Gasteiger partial charge in [-0.3, -0.25) is 0 Å². The first kappa shape index (κ1) is 18.9. The van der Waals surface area contributed by atoms with Crippen LogP contribution in [0.3, 0.4) is 0 Å². The summed E-state index contributed by atoms with van der Waals surface area (Å²) in [5.74, 6) is 0.596. The second-order valence-corrected chi connectivity index (χ2v) is 6.20. The fourth-order valence-electron chi connectivity index (χ4n) is 2.87. The van der Waals surface area contributed by atoms with Crippen molar-refractivity contribution < 1.29 is 18.3 Å². The van der Waals surface area contributed by atoms with Crippen molar-refractivity contribution in [3.63, 3.8) is 0 Å². The van der Waals surface area contributed by atoms with Crippen molar-refractivity contribution in [2.24, 2.45) is 0 Å². The summed E-state index contributed by atoms with van der Waals surface area (Å²) in [5.41, 5.74) is 1.57. The van der Waals surface area contributed by atoms with Crippen LogP contribution in [0.15, 0.2) is 42.7 Å². The van der Waals surface area contributed by atoms with Crippen molar-refractivity contribution in [3.05, 3.63) is 48.5 Å². The molecule has 3 aromatic rings. The fraction of sp³-hybridized carbons (Fsp3) is 0.263. The molecule has 150 valence electrons. The van der Waals surface area contributed by atoms with Crippen molar-refractivity contribution in [3.8, 4) is 16.9 Å². The SMILES string of the molecule is FCOc1ccc(-c2cnnc(Nc3nc(N4CCOCC4)ncc3F)c2)cc1. The van der Waals surface area contributed by atoms with Gasteiger partial charge in [0.15, 0.2) is 17.5 Å². The maximum Gasteiger partial charge on any atom is 0.228 e. The smallest absolute Gasteiger partial charge is 0.228 e. The average molecular weight is 400 g/mol. The Kier molecular flexibility index (Phi) is 5.71. The van der Waals surface area contributed by atoms with Crippen molar-refractivity contribution >= 4 is 17.6 Å². The molecule has 3 heterocycles. The molecular weight excluding hydrogens is 382 g/mol. The molecule has 1 fully saturated rings. The van der Waals surface area contributed by atoms with Crippen LogP contribution in [0.1, 0.15) is 0 Å². The standard InChI is InChI=1S/C19H18F2N6O2/c20-12-29-15-3-1-13(2-4-15)14-9-17(26-23-10-14)24-18-16(21)11-22-19(25-18)27-5-7-28-8-6-27/h1-4,9-11H,5-8,12H2,(H,22,24,25,26). The van der Waals surface area contributed by atoms with Crippen LogP contribution in [0.2, 0.25) is 0 Å². The quantitative estimate of drug-likeness (QED) is 0.676. The van der Waals surface area contributed by atoms with E-state index in [-0.39, 0.29) is 5.82 Å². The van der Waals surface area contributed by atoms with Crippen molar-refractivity contribution in [1.29, 1.82) is 0 Å². The first-order valence-corrected chi connectivity index (χ1v) is 8.97. The molecule has 0 spiro atoms. The summed E-state index contributed by atoms with van der Waals surface area (Å²) >= 11 is 0. The van der Waals surface area contributed by atoms with E-state index < -0.39 is 12.7 Å². The molecule has 0 saturated carbocycles. The molecule has 4 rings (SSSR count). The lowest BCUT2D eigenvalue weighted by molar-refractivity contribution is 0.122. The number of nitrogens with zero attached hydrogens (tertiary/aromatic N) is 5. The summed E-state index contributed by atoms with van der Waals surface area (Å²) in [7, 11) is 0. The molecule has 10 heteroatoms. The van der Waals surface area contributed by atoms with Gasteiger partial charge >= 0.3 is 0 Å². The Balaban J connectivity index is 1.54. The molecule has 0 unspecified atom stereocenters. The van der Waals surface area contributed by atoms with Gasteiger partial charge in [0.2, 0.25) is 12.8 Å². The van der Waals surface area contributed by atoms with E-state index in [0.29, 0.717) is 43.8 Å². The lowest BCUT2D eigenvalue weighted by atomic mass is 10.1. The third-order valence-electron chi connectivity index (χ3n) is 4.34. The monoisotopic (exact) mass is 400 g/mol. The van der Waals surface area contributed by atoms with E-state index in [2.05, 4.69) is 25.5 Å². The van der Waals surface area contributed by atoms with E-state index in [1.165, 1.54) is 0 Å². The zero-order chi connectivity index (χ0) is 20.1. The molecule has 0 aliphatic carbocycles. The summed E-state index contributed by atoms with van der Waals surface area (Å²) in [4.78, 5) is 10.3. The van der Waals surface area contributed by atoms with E-state index in [0.717, 1.165) is 17.3 Å². The van der Waals surface area contributed by atoms with Crippen molar-refractivity contribution in [1.82, 2.24) is 20.2 Å². The number of hydrogen-bond acceptors (Lipinski definition) is 8. The van der Waals surface area contributed by atoms with Gasteiger partial charge < -0.3 is 19.7 Å². The molecule has 2 aromatic heterocycles. The largest absolute Gasteiger partial charge is 0.463 e. The first-order valence-electron chi connectivity index (χ1n) is 8.97. The van der Waals surface area contributed by atoms with Crippen molar-refractivity contribution in [2.75, 3.05) is 43.4 Å². The molecule has 1 aromatic carbocycles. The zero-order valence-electron chi connectivity index (χ0n) is 15.4. The van der Waals surface area contributed by atoms with Gasteiger partial charge in [0.25, 0.3) is 0 Å². The number of morpholine rings is 1. The Bertz CT molecular complexity index is 967. The number of benzene rings is 1. The molecule has 0 amide bonds. The zero-order valence-corrected chi connectivity index (χ0v) is 15.4. The van der Waals surface area contributed by atoms with Gasteiger partial charge in [0, 0.05) is 18.7 Å². The molecule has 0 radical (unpaired) electrons. The lowest BCUT2D eigenvalue weighted by Gasteiger charge is -2.26. The topological polar surface area (TPSA) is 85.3 Å². The summed E-state index contributed by atoms with van der Waals surface area (Å²) in [6, 6.07) is 8.57. The highest BCUT2D eigenvalue weighted by Crippen LogP contribution is 2.25. The molecular formula is C19H18F2N6O2. The van der Waals surface area contributed by atoms with Gasteiger partial charge in [-0.25, -0.2) is 13.8 Å². The van der Waals surface area contributed by atoms with E-state index in [4.69, 9.17) is 9.47 Å². The highest BCUT2D eigenvalue weighted by atomic mass is 19.1. The number of rotatable bonds is 6. The van der Waals surface area contributed by atoms with E-state index >= 15 is 0 Å². The van der Waals surface area contributed by atoms with Crippen LogP contribution in [0.25, 0.3) is 11.1 Å². The molecule has 0 bridgehead atoms. The predicted octanol–water partition coefficient (Wildman–Crippen LogP) is 2.96. The molecule has 8 nitrogen and oxygen atoms in total. The highest BCUT2D eigenvalue weighted by molar-refractivity contribution is 5.67. The predicted molar refractivity (Wildman–Crippen MR) is 102 cm³/mol. The van der Waals surface area contributed by atoms with E-state index in [9.17, 15) is 8.78 Å². The molecule has 1 aliphatic heterocycles. The summed E-state index contributed by atoms with van der Waals surface area (Å²) in [5, 5.41) is 10.8. The minimum absolute atomic E-state index is 0.0136. The number of anilines is 3. The third kappa shape index (κ3) is 4.54. The third-order valence-corrected chi connectivity index (χ3v) is 4.34. The van der Waals surface area contributed by atoms with Crippen LogP contribution >= 0.6 is 0 Å². The van der Waals surface area contributed by atoms with E-state index in [1.54, 1.807) is 36.5 Å². The van der Waals surface area contributed by atoms with Gasteiger partial charge in [-0.05, 0) is 23.8 Å². The van der Waals surface area contributed by atoms with Gasteiger partial charge in [-0.1, -0.05) is 12.1 Å². The van der Waals surface area contributed by atoms with Gasteiger partial charge in [0.1, 0.15) is 5.75 Å². The number of ether oxygens (including phenoxy) is 2. The maximum absolute atomic E-state index is 14.2. The van der Waals surface area contributed by atoms with Crippen LogP contribution < -0.4 is 15.0 Å². The number of hydrogen-bond donors (Lipinski definition) is 1. The van der Waals surface area contributed by atoms with Crippen LogP contribution in [-0.4, -0.2) is 53.3 Å². The Morgan fingerprint density at radius 1 is 1.10 bits per heavy atom. The van der Waals surface area contributed by atoms with E-state index in [1.807, 2.05) is 4.90 Å². The van der Waals surface area contributed by atoms with Gasteiger partial charge in [-0.2, -0.15) is 10.1 Å². The average Bonchev–Trinajstić information content (AvgIpc) is 2.77. The minimum atomic E-state index is -0.888. The molecule has 1 saturated heterocycles. The number of nitrogens with one attached hydrogen (secondary N) is 1. The Hall–Kier alpha value is -3.40. The second kappa shape index (κ2) is 8.74. The summed E-state index contributed by atoms with van der Waals surface area (Å²) in [6.07, 6.45) is 2.70. The highest BCUT2D eigenvalue weighted by Gasteiger charge is 2.16. The minimum Gasteiger partial charge on any atom is -0.463 e. The van der Waals surface area contributed by atoms with Crippen LogP contribution in [0.5, 0.6) is 5.75 Å². The number of halogens is 2. The Morgan fingerprint density at radius 2 is 1.90 bits per heavy atom. The summed E-state index contributed by atoms with van der Waals surface area (Å²) in [6.45, 7) is 1.55. The lowest BCUT2D eigenvalue weighted by Crippen LogP contribution is -2.37. The van der Waals surface area contributed by atoms with Gasteiger partial charge in [-0.15, -0.1) is 5.10 Å². The normalized spacial score (nSPS) is 13.9. The first-order chi connectivity index (χ1) is 14.2. The molecule has 0 atom stereocenters. The van der Waals surface area contributed by atoms with Crippen LogP contribution in [0.4, 0.5) is 26.4 Å². The maximum atomic E-state index is 14.2. The molecule has 29 heavy (non-hydrogen) atoms. The fourth-order valence-corrected chi connectivity index (χ4v) is 2.87. The molecule has 1 aliphatic rings. The second-order valence-electron chi connectivity index (χ2n) is 6.20. The van der Waals surface area contributed by atoms with Crippen LogP contribution in [0, 0.1) is 5.82 Å². The summed E-state index contributed by atoms with van der Waals surface area (Å²) < 4.78 is 36.6. The Labute approximate surface area is 165 Å². The van der Waals surface area contributed by atoms with Crippen molar-refractivity contribution in [2.45, 2.75) is 0 Å².